The van der Waals surface area contributed by atoms with Gasteiger partial charge in [-0.1, -0.05) is 6.92 Å². The van der Waals surface area contributed by atoms with Gasteiger partial charge in [-0.25, -0.2) is 14.4 Å². The smallest absolute Gasteiger partial charge is 0.186 e. The summed E-state index contributed by atoms with van der Waals surface area (Å²) < 4.78 is 15.7. The Balaban J connectivity index is 2.47. The average molecular weight is 263 g/mol. The van der Waals surface area contributed by atoms with Gasteiger partial charge in [0, 0.05) is 19.3 Å². The van der Waals surface area contributed by atoms with E-state index in [-0.39, 0.29) is 5.82 Å². The molecular weight excluding hydrogens is 245 g/mol. The molecule has 2 aromatic heterocycles. The Hall–Kier alpha value is -1.98. The molecule has 5 nitrogen and oxygen atoms in total. The van der Waals surface area contributed by atoms with Crippen LogP contribution in [0.3, 0.4) is 0 Å². The van der Waals surface area contributed by atoms with Crippen molar-refractivity contribution < 1.29 is 4.39 Å². The van der Waals surface area contributed by atoms with Crippen LogP contribution in [0.15, 0.2) is 12.3 Å². The first-order valence-electron chi connectivity index (χ1n) is 6.47. The van der Waals surface area contributed by atoms with E-state index in [1.807, 2.05) is 17.7 Å². The Bertz CT molecular complexity index is 564. The van der Waals surface area contributed by atoms with Crippen LogP contribution in [0.2, 0.25) is 0 Å². The minimum absolute atomic E-state index is 0.245. The summed E-state index contributed by atoms with van der Waals surface area (Å²) in [5.41, 5.74) is 1.15. The molecule has 0 amide bonds. The summed E-state index contributed by atoms with van der Waals surface area (Å²) in [6.45, 7) is 7.02. The second-order valence-corrected chi connectivity index (χ2v) is 4.27. The van der Waals surface area contributed by atoms with Crippen LogP contribution in [0.25, 0.3) is 11.5 Å². The van der Waals surface area contributed by atoms with E-state index >= 15 is 0 Å². The average Bonchev–Trinajstić information content (AvgIpc) is 2.84. The SMILES string of the molecule is CCCn1nccc1-c1nc(C)c(F)c(NCC)n1. The number of halogens is 1. The third-order valence-electron chi connectivity index (χ3n) is 2.74. The first-order valence-corrected chi connectivity index (χ1v) is 6.47. The van der Waals surface area contributed by atoms with E-state index in [4.69, 9.17) is 0 Å². The fourth-order valence-electron chi connectivity index (χ4n) is 1.87. The van der Waals surface area contributed by atoms with Crippen molar-refractivity contribution in [1.82, 2.24) is 19.7 Å². The molecule has 0 aromatic carbocycles. The van der Waals surface area contributed by atoms with E-state index in [9.17, 15) is 4.39 Å². The Morgan fingerprint density at radius 2 is 2.11 bits per heavy atom. The zero-order chi connectivity index (χ0) is 13.8. The van der Waals surface area contributed by atoms with Gasteiger partial charge < -0.3 is 5.32 Å². The van der Waals surface area contributed by atoms with Crippen molar-refractivity contribution in [2.24, 2.45) is 0 Å². The third-order valence-corrected chi connectivity index (χ3v) is 2.74. The lowest BCUT2D eigenvalue weighted by atomic mass is 10.3. The zero-order valence-corrected chi connectivity index (χ0v) is 11.4. The Labute approximate surface area is 111 Å². The highest BCUT2D eigenvalue weighted by Crippen LogP contribution is 2.21. The summed E-state index contributed by atoms with van der Waals surface area (Å²) in [6, 6.07) is 1.85. The van der Waals surface area contributed by atoms with E-state index in [1.54, 1.807) is 13.1 Å². The first kappa shape index (κ1) is 13.5. The molecule has 0 aliphatic heterocycles. The summed E-state index contributed by atoms with van der Waals surface area (Å²) >= 11 is 0. The summed E-state index contributed by atoms with van der Waals surface area (Å²) in [7, 11) is 0. The number of aromatic nitrogens is 4. The molecule has 0 fully saturated rings. The summed E-state index contributed by atoms with van der Waals surface area (Å²) in [5, 5.41) is 7.15. The number of anilines is 1. The van der Waals surface area contributed by atoms with E-state index in [0.717, 1.165) is 18.7 Å². The Kier molecular flexibility index (Phi) is 4.09. The number of aryl methyl sites for hydroxylation is 2. The molecule has 0 atom stereocenters. The summed E-state index contributed by atoms with van der Waals surface area (Å²) in [4.78, 5) is 8.46. The van der Waals surface area contributed by atoms with Crippen molar-refractivity contribution >= 4 is 5.82 Å². The minimum Gasteiger partial charge on any atom is -0.368 e. The van der Waals surface area contributed by atoms with Gasteiger partial charge in [0.25, 0.3) is 0 Å². The predicted octanol–water partition coefficient (Wildman–Crippen LogP) is 2.63. The van der Waals surface area contributed by atoms with Crippen LogP contribution in [0.5, 0.6) is 0 Å². The van der Waals surface area contributed by atoms with Crippen molar-refractivity contribution in [3.05, 3.63) is 23.8 Å². The molecule has 2 aromatic rings. The van der Waals surface area contributed by atoms with Gasteiger partial charge in [0.05, 0.1) is 5.69 Å². The van der Waals surface area contributed by atoms with E-state index in [1.165, 1.54) is 0 Å². The lowest BCUT2D eigenvalue weighted by molar-refractivity contribution is 0.596. The normalized spacial score (nSPS) is 10.7. The maximum absolute atomic E-state index is 13.8. The number of hydrogen-bond donors (Lipinski definition) is 1. The van der Waals surface area contributed by atoms with Gasteiger partial charge in [-0.15, -0.1) is 0 Å². The van der Waals surface area contributed by atoms with E-state index in [2.05, 4.69) is 27.3 Å². The van der Waals surface area contributed by atoms with Gasteiger partial charge in [0.1, 0.15) is 5.69 Å². The van der Waals surface area contributed by atoms with Gasteiger partial charge in [0.2, 0.25) is 0 Å². The predicted molar refractivity (Wildman–Crippen MR) is 72.4 cm³/mol. The van der Waals surface area contributed by atoms with Gasteiger partial charge in [-0.05, 0) is 26.3 Å². The van der Waals surface area contributed by atoms with Crippen LogP contribution in [0.1, 0.15) is 26.0 Å². The maximum Gasteiger partial charge on any atom is 0.186 e. The largest absolute Gasteiger partial charge is 0.368 e. The lowest BCUT2D eigenvalue weighted by Gasteiger charge is -2.10. The monoisotopic (exact) mass is 263 g/mol. The molecule has 1 N–H and O–H groups in total. The first-order chi connectivity index (χ1) is 9.17. The quantitative estimate of drug-likeness (QED) is 0.901. The number of nitrogens with one attached hydrogen (secondary N) is 1. The molecule has 0 saturated carbocycles. The molecule has 0 aliphatic carbocycles. The van der Waals surface area contributed by atoms with Crippen LogP contribution in [-0.4, -0.2) is 26.3 Å². The van der Waals surface area contributed by atoms with Crippen molar-refractivity contribution in [2.45, 2.75) is 33.7 Å². The highest BCUT2D eigenvalue weighted by atomic mass is 19.1. The molecule has 0 spiro atoms. The van der Waals surface area contributed by atoms with Crippen molar-refractivity contribution in [2.75, 3.05) is 11.9 Å². The molecule has 2 rings (SSSR count). The van der Waals surface area contributed by atoms with Crippen LogP contribution in [0.4, 0.5) is 10.2 Å². The number of hydrogen-bond acceptors (Lipinski definition) is 4. The fourth-order valence-corrected chi connectivity index (χ4v) is 1.87. The van der Waals surface area contributed by atoms with E-state index in [0.29, 0.717) is 18.1 Å². The highest BCUT2D eigenvalue weighted by Gasteiger charge is 2.14. The van der Waals surface area contributed by atoms with Crippen LogP contribution >= 0.6 is 0 Å². The van der Waals surface area contributed by atoms with Gasteiger partial charge in [-0.2, -0.15) is 5.10 Å². The third kappa shape index (κ3) is 2.72. The van der Waals surface area contributed by atoms with Gasteiger partial charge >= 0.3 is 0 Å². The van der Waals surface area contributed by atoms with Crippen LogP contribution in [-0.2, 0) is 6.54 Å². The molecule has 0 bridgehead atoms. The molecule has 0 radical (unpaired) electrons. The molecule has 19 heavy (non-hydrogen) atoms. The molecule has 0 aliphatic rings. The molecule has 102 valence electrons. The Morgan fingerprint density at radius 3 is 2.79 bits per heavy atom. The number of nitrogens with zero attached hydrogens (tertiary/aromatic N) is 4. The van der Waals surface area contributed by atoms with Gasteiger partial charge in [0.15, 0.2) is 17.5 Å². The number of rotatable bonds is 5. The van der Waals surface area contributed by atoms with Crippen LogP contribution < -0.4 is 5.32 Å². The highest BCUT2D eigenvalue weighted by molar-refractivity contribution is 5.53. The van der Waals surface area contributed by atoms with Crippen molar-refractivity contribution in [1.29, 1.82) is 0 Å². The zero-order valence-electron chi connectivity index (χ0n) is 11.4. The van der Waals surface area contributed by atoms with E-state index < -0.39 is 5.82 Å². The second kappa shape index (κ2) is 5.77. The second-order valence-electron chi connectivity index (χ2n) is 4.27. The summed E-state index contributed by atoms with van der Waals surface area (Å²) in [5.74, 6) is 0.349. The lowest BCUT2D eigenvalue weighted by Crippen LogP contribution is -2.09. The topological polar surface area (TPSA) is 55.6 Å². The molecule has 6 heteroatoms. The Morgan fingerprint density at radius 1 is 1.32 bits per heavy atom. The molecule has 0 unspecified atom stereocenters. The minimum atomic E-state index is -0.396. The van der Waals surface area contributed by atoms with Crippen LogP contribution in [0, 0.1) is 12.7 Å². The maximum atomic E-state index is 13.8. The standard InChI is InChI=1S/C13H18FN5/c1-4-8-19-10(6-7-16-19)12-17-9(3)11(14)13(18-12)15-5-2/h6-7H,4-5,8H2,1-3H3,(H,15,17,18). The van der Waals surface area contributed by atoms with Crippen molar-refractivity contribution in [3.63, 3.8) is 0 Å². The molecule has 0 saturated heterocycles. The summed E-state index contributed by atoms with van der Waals surface area (Å²) in [6.07, 6.45) is 2.68. The molecule has 2 heterocycles. The van der Waals surface area contributed by atoms with Crippen molar-refractivity contribution in [3.8, 4) is 11.5 Å². The van der Waals surface area contributed by atoms with Gasteiger partial charge in [-0.3, -0.25) is 4.68 Å². The fraction of sp³-hybridized carbons (Fsp3) is 0.462. The molecular formula is C13H18FN5.